The summed E-state index contributed by atoms with van der Waals surface area (Å²) in [5.41, 5.74) is 1.74. The van der Waals surface area contributed by atoms with Crippen molar-refractivity contribution >= 4 is 16.7 Å². The zero-order valence-corrected chi connectivity index (χ0v) is 21.3. The fourth-order valence-corrected chi connectivity index (χ4v) is 4.92. The molecule has 9 heteroatoms. The van der Waals surface area contributed by atoms with Gasteiger partial charge in [0.05, 0.1) is 30.4 Å². The Morgan fingerprint density at radius 1 is 1.03 bits per heavy atom. The Morgan fingerprint density at radius 3 is 2.49 bits per heavy atom. The zero-order chi connectivity index (χ0) is 26.5. The molecule has 37 heavy (non-hydrogen) atoms. The predicted molar refractivity (Wildman–Crippen MR) is 136 cm³/mol. The first-order valence-electron chi connectivity index (χ1n) is 12.3. The highest BCUT2D eigenvalue weighted by Gasteiger charge is 2.30. The minimum Gasteiger partial charge on any atom is -0.349 e. The van der Waals surface area contributed by atoms with Crippen LogP contribution in [-0.2, 0) is 23.8 Å². The van der Waals surface area contributed by atoms with Crippen LogP contribution in [0.15, 0.2) is 53.7 Å². The maximum atomic E-state index is 15.2. The Morgan fingerprint density at radius 2 is 1.81 bits per heavy atom. The van der Waals surface area contributed by atoms with E-state index in [4.69, 9.17) is 0 Å². The van der Waals surface area contributed by atoms with E-state index >= 15 is 4.39 Å². The molecule has 0 bridgehead atoms. The van der Waals surface area contributed by atoms with Crippen LogP contribution in [0.4, 0.5) is 8.78 Å². The van der Waals surface area contributed by atoms with Crippen LogP contribution in [-0.4, -0.2) is 25.5 Å². The molecule has 1 saturated heterocycles. The summed E-state index contributed by atoms with van der Waals surface area (Å²) in [6.07, 6.45) is 5.91. The van der Waals surface area contributed by atoms with Gasteiger partial charge in [-0.05, 0) is 47.1 Å². The molecule has 2 unspecified atom stereocenters. The Kier molecular flexibility index (Phi) is 6.17. The van der Waals surface area contributed by atoms with Crippen molar-refractivity contribution in [3.8, 4) is 0 Å². The van der Waals surface area contributed by atoms with Crippen LogP contribution in [0.1, 0.15) is 67.8 Å². The maximum Gasteiger partial charge on any atom is 0.277 e. The van der Waals surface area contributed by atoms with Crippen molar-refractivity contribution in [2.45, 2.75) is 57.5 Å². The van der Waals surface area contributed by atoms with Crippen LogP contribution >= 0.6 is 0 Å². The van der Waals surface area contributed by atoms with Gasteiger partial charge in [-0.3, -0.25) is 14.3 Å². The zero-order valence-electron chi connectivity index (χ0n) is 21.3. The first-order chi connectivity index (χ1) is 17.5. The average molecular weight is 506 g/mol. The van der Waals surface area contributed by atoms with E-state index in [1.165, 1.54) is 18.3 Å². The third-order valence-corrected chi connectivity index (χ3v) is 7.05. The van der Waals surface area contributed by atoms with Gasteiger partial charge in [0, 0.05) is 36.2 Å². The first-order valence-corrected chi connectivity index (χ1v) is 12.3. The number of carbonyl (C=O) groups is 1. The van der Waals surface area contributed by atoms with E-state index in [0.29, 0.717) is 17.4 Å². The number of nitrogens with zero attached hydrogens (tertiary/aromatic N) is 4. The molecule has 1 aliphatic rings. The summed E-state index contributed by atoms with van der Waals surface area (Å²) in [5.74, 6) is -1.37. The van der Waals surface area contributed by atoms with Crippen LogP contribution in [0.5, 0.6) is 0 Å². The first kappa shape index (κ1) is 24.8. The lowest BCUT2D eigenvalue weighted by molar-refractivity contribution is -0.123. The van der Waals surface area contributed by atoms with E-state index in [-0.39, 0.29) is 47.2 Å². The smallest absolute Gasteiger partial charge is 0.277 e. The van der Waals surface area contributed by atoms with Crippen LogP contribution < -0.4 is 10.9 Å². The molecular weight excluding hydrogens is 476 g/mol. The molecule has 192 valence electrons. The van der Waals surface area contributed by atoms with Gasteiger partial charge in [0.25, 0.3) is 5.56 Å². The van der Waals surface area contributed by atoms with E-state index in [0.717, 1.165) is 15.8 Å². The molecule has 2 aromatic heterocycles. The molecule has 2 aromatic carbocycles. The van der Waals surface area contributed by atoms with E-state index in [1.54, 1.807) is 29.1 Å². The van der Waals surface area contributed by atoms with Gasteiger partial charge in [-0.25, -0.2) is 13.5 Å². The molecule has 0 saturated carbocycles. The molecule has 4 aromatic rings. The second-order valence-corrected chi connectivity index (χ2v) is 10.8. The number of hydrogen-bond donors (Lipinski definition) is 1. The monoisotopic (exact) mass is 505 g/mol. The number of nitrogens with one attached hydrogen (secondary N) is 1. The number of fused-ring (bicyclic) bond motifs is 1. The summed E-state index contributed by atoms with van der Waals surface area (Å²) in [4.78, 5) is 25.4. The number of hydrogen-bond acceptors (Lipinski definition) is 4. The Bertz CT molecular complexity index is 1570. The number of amides is 1. The maximum absolute atomic E-state index is 15.2. The molecule has 1 amide bonds. The topological polar surface area (TPSA) is 81.8 Å². The fraction of sp³-hybridized carbons (Fsp3) is 0.357. The van der Waals surface area contributed by atoms with Gasteiger partial charge in [0.1, 0.15) is 11.6 Å². The fourth-order valence-electron chi connectivity index (χ4n) is 4.92. The second-order valence-electron chi connectivity index (χ2n) is 10.8. The third-order valence-electron chi connectivity index (χ3n) is 7.05. The standard InChI is InChI=1S/C28H29F2N5O2/c1-28(2,3)21-7-19-12-32-35(27(37)26(19)23(30)11-21)15-17-6-5-16(8-22(17)29)18-9-24(33-25(36)10-18)20-13-31-34(4)14-20/h5-8,11-14,18,24H,9-10,15H2,1-4H3,(H,33,36). The number of aromatic nitrogens is 4. The Hall–Kier alpha value is -3.88. The summed E-state index contributed by atoms with van der Waals surface area (Å²) >= 11 is 0. The summed E-state index contributed by atoms with van der Waals surface area (Å²) < 4.78 is 32.9. The van der Waals surface area contributed by atoms with Gasteiger partial charge in [0.2, 0.25) is 5.91 Å². The van der Waals surface area contributed by atoms with Crippen molar-refractivity contribution in [2.24, 2.45) is 7.05 Å². The highest BCUT2D eigenvalue weighted by atomic mass is 19.1. The molecule has 3 heterocycles. The number of aryl methyl sites for hydroxylation is 1. The van der Waals surface area contributed by atoms with Crippen LogP contribution in [0, 0.1) is 11.6 Å². The van der Waals surface area contributed by atoms with Crippen molar-refractivity contribution in [2.75, 3.05) is 0 Å². The van der Waals surface area contributed by atoms with Crippen LogP contribution in [0.2, 0.25) is 0 Å². The van der Waals surface area contributed by atoms with Gasteiger partial charge < -0.3 is 5.32 Å². The SMILES string of the molecule is Cn1cc(C2CC(c3ccc(Cn4ncc5cc(C(C)(C)C)cc(F)c5c4=O)c(F)c3)CC(=O)N2)cn1. The number of rotatable bonds is 4. The van der Waals surface area contributed by atoms with Gasteiger partial charge in [-0.2, -0.15) is 10.2 Å². The summed E-state index contributed by atoms with van der Waals surface area (Å²) in [5, 5.41) is 11.7. The molecule has 1 N–H and O–H groups in total. The van der Waals surface area contributed by atoms with Crippen LogP contribution in [0.25, 0.3) is 10.8 Å². The largest absolute Gasteiger partial charge is 0.349 e. The Balaban J connectivity index is 1.40. The number of piperidine rings is 1. The number of carbonyl (C=O) groups excluding carboxylic acids is 1. The highest BCUT2D eigenvalue weighted by Crippen LogP contribution is 2.35. The molecule has 5 rings (SSSR count). The third kappa shape index (κ3) is 4.90. The molecular formula is C28H29F2N5O2. The minimum atomic E-state index is -0.613. The predicted octanol–water partition coefficient (Wildman–Crippen LogP) is 4.49. The molecule has 1 aliphatic heterocycles. The average Bonchev–Trinajstić information content (AvgIpc) is 3.27. The van der Waals surface area contributed by atoms with E-state index in [2.05, 4.69) is 15.5 Å². The van der Waals surface area contributed by atoms with Crippen molar-refractivity contribution in [1.29, 1.82) is 0 Å². The molecule has 7 nitrogen and oxygen atoms in total. The summed E-state index contributed by atoms with van der Waals surface area (Å²) in [6.45, 7) is 5.76. The van der Waals surface area contributed by atoms with Gasteiger partial charge in [-0.15, -0.1) is 0 Å². The Labute approximate surface area is 213 Å². The van der Waals surface area contributed by atoms with Crippen molar-refractivity contribution in [1.82, 2.24) is 24.9 Å². The van der Waals surface area contributed by atoms with E-state index in [1.807, 2.05) is 34.0 Å². The molecule has 0 spiro atoms. The van der Waals surface area contributed by atoms with Gasteiger partial charge in [0.15, 0.2) is 0 Å². The lowest BCUT2D eigenvalue weighted by atomic mass is 9.84. The van der Waals surface area contributed by atoms with Crippen molar-refractivity contribution in [3.63, 3.8) is 0 Å². The molecule has 2 atom stereocenters. The molecule has 0 radical (unpaired) electrons. The molecule has 0 aliphatic carbocycles. The van der Waals surface area contributed by atoms with Crippen LogP contribution in [0.3, 0.4) is 0 Å². The van der Waals surface area contributed by atoms with Gasteiger partial charge in [-0.1, -0.05) is 32.9 Å². The highest BCUT2D eigenvalue weighted by molar-refractivity contribution is 5.82. The van der Waals surface area contributed by atoms with E-state index < -0.39 is 17.2 Å². The van der Waals surface area contributed by atoms with Crippen molar-refractivity contribution < 1.29 is 13.6 Å². The van der Waals surface area contributed by atoms with Crippen molar-refractivity contribution in [3.05, 3.63) is 93.2 Å². The quantitative estimate of drug-likeness (QED) is 0.443. The summed E-state index contributed by atoms with van der Waals surface area (Å²) in [7, 11) is 1.81. The summed E-state index contributed by atoms with van der Waals surface area (Å²) in [6, 6.07) is 7.75. The number of halogens is 2. The van der Waals surface area contributed by atoms with Gasteiger partial charge >= 0.3 is 0 Å². The second kappa shape index (κ2) is 9.21. The van der Waals surface area contributed by atoms with E-state index in [9.17, 15) is 14.0 Å². The minimum absolute atomic E-state index is 0.0605. The lowest BCUT2D eigenvalue weighted by Gasteiger charge is -2.29. The molecule has 1 fully saturated rings. The lowest BCUT2D eigenvalue weighted by Crippen LogP contribution is -2.35. The number of benzene rings is 2. The normalized spacial score (nSPS) is 18.3.